The second-order valence-electron chi connectivity index (χ2n) is 6.13. The van der Waals surface area contributed by atoms with Crippen molar-refractivity contribution in [3.63, 3.8) is 0 Å². The van der Waals surface area contributed by atoms with Crippen LogP contribution in [0, 0.1) is 0 Å². The van der Waals surface area contributed by atoms with E-state index in [1.54, 1.807) is 0 Å². The van der Waals surface area contributed by atoms with Gasteiger partial charge in [-0.3, -0.25) is 4.99 Å². The van der Waals surface area contributed by atoms with Crippen molar-refractivity contribution in [1.82, 2.24) is 9.80 Å². The van der Waals surface area contributed by atoms with Crippen molar-refractivity contribution in [2.24, 2.45) is 4.99 Å². The molecule has 0 aromatic heterocycles. The highest BCUT2D eigenvalue weighted by atomic mass is 127. The smallest absolute Gasteiger partial charge is 0.195 e. The predicted octanol–water partition coefficient (Wildman–Crippen LogP) is 4.31. The summed E-state index contributed by atoms with van der Waals surface area (Å²) in [7, 11) is 8.13. The first-order valence-electron chi connectivity index (χ1n) is 8.08. The molecule has 0 bridgehead atoms. The maximum Gasteiger partial charge on any atom is 0.195 e. The van der Waals surface area contributed by atoms with E-state index in [4.69, 9.17) is 4.99 Å². The van der Waals surface area contributed by atoms with Gasteiger partial charge in [-0.05, 0) is 17.5 Å². The summed E-state index contributed by atoms with van der Waals surface area (Å²) in [5, 5.41) is 0. The Kier molecular flexibility index (Phi) is 8.82. The Morgan fingerprint density at radius 3 is 1.58 bits per heavy atom. The summed E-state index contributed by atoms with van der Waals surface area (Å²) >= 11 is 0. The van der Waals surface area contributed by atoms with Crippen LogP contribution >= 0.6 is 24.0 Å². The summed E-state index contributed by atoms with van der Waals surface area (Å²) < 4.78 is 0. The lowest BCUT2D eigenvalue weighted by molar-refractivity contribution is 0.478. The van der Waals surface area contributed by atoms with Crippen molar-refractivity contribution in [3.05, 3.63) is 71.8 Å². The molecular formula is C20H28IN3. The van der Waals surface area contributed by atoms with Gasteiger partial charge in [0.1, 0.15) is 0 Å². The molecule has 3 nitrogen and oxygen atoms in total. The largest absolute Gasteiger partial charge is 0.349 e. The third-order valence-electron chi connectivity index (χ3n) is 3.87. The van der Waals surface area contributed by atoms with Gasteiger partial charge in [0.05, 0.1) is 0 Å². The summed E-state index contributed by atoms with van der Waals surface area (Å²) in [5.74, 6) is 1.39. The molecule has 0 amide bonds. The Hall–Kier alpha value is -1.56. The van der Waals surface area contributed by atoms with Gasteiger partial charge in [0.2, 0.25) is 0 Å². The highest BCUT2D eigenvalue weighted by Crippen LogP contribution is 2.27. The van der Waals surface area contributed by atoms with Gasteiger partial charge in [0.15, 0.2) is 5.96 Å². The Labute approximate surface area is 163 Å². The zero-order valence-corrected chi connectivity index (χ0v) is 17.3. The number of hydrogen-bond donors (Lipinski definition) is 0. The van der Waals surface area contributed by atoms with E-state index in [2.05, 4.69) is 70.5 Å². The molecule has 0 radical (unpaired) electrons. The minimum atomic E-state index is 0. The fourth-order valence-corrected chi connectivity index (χ4v) is 2.87. The molecule has 0 aliphatic rings. The maximum atomic E-state index is 4.78. The van der Waals surface area contributed by atoms with Crippen molar-refractivity contribution in [2.75, 3.05) is 34.7 Å². The lowest BCUT2D eigenvalue weighted by Crippen LogP contribution is -2.35. The van der Waals surface area contributed by atoms with Crippen molar-refractivity contribution >= 4 is 29.9 Å². The van der Waals surface area contributed by atoms with Crippen LogP contribution in [-0.2, 0) is 0 Å². The average molecular weight is 437 g/mol. The molecule has 24 heavy (non-hydrogen) atoms. The first-order chi connectivity index (χ1) is 11.1. The van der Waals surface area contributed by atoms with Crippen LogP contribution in [0.2, 0.25) is 0 Å². The van der Waals surface area contributed by atoms with Gasteiger partial charge in [-0.1, -0.05) is 60.7 Å². The van der Waals surface area contributed by atoms with Gasteiger partial charge in [0, 0.05) is 40.7 Å². The second-order valence-corrected chi connectivity index (χ2v) is 6.13. The fourth-order valence-electron chi connectivity index (χ4n) is 2.87. The molecule has 2 aromatic carbocycles. The van der Waals surface area contributed by atoms with E-state index in [-0.39, 0.29) is 24.0 Å². The third kappa shape index (κ3) is 5.82. The van der Waals surface area contributed by atoms with E-state index >= 15 is 0 Å². The first-order valence-corrected chi connectivity index (χ1v) is 8.08. The number of rotatable bonds is 5. The number of nitrogens with zero attached hydrogens (tertiary/aromatic N) is 3. The monoisotopic (exact) mass is 437 g/mol. The molecule has 0 fully saturated rings. The quantitative estimate of drug-likeness (QED) is 0.395. The Balaban J connectivity index is 0.00000288. The van der Waals surface area contributed by atoms with Gasteiger partial charge in [-0.15, -0.1) is 24.0 Å². The van der Waals surface area contributed by atoms with Crippen LogP contribution in [0.25, 0.3) is 0 Å². The number of halogens is 1. The molecule has 0 heterocycles. The van der Waals surface area contributed by atoms with E-state index in [1.807, 2.05) is 28.2 Å². The average Bonchev–Trinajstić information content (AvgIpc) is 2.56. The van der Waals surface area contributed by atoms with E-state index < -0.39 is 0 Å². The first kappa shape index (κ1) is 20.5. The molecule has 0 saturated carbocycles. The van der Waals surface area contributed by atoms with E-state index in [1.165, 1.54) is 11.1 Å². The lowest BCUT2D eigenvalue weighted by atomic mass is 9.89. The van der Waals surface area contributed by atoms with Crippen LogP contribution in [0.1, 0.15) is 23.5 Å². The molecule has 130 valence electrons. The van der Waals surface area contributed by atoms with Gasteiger partial charge in [-0.2, -0.15) is 0 Å². The van der Waals surface area contributed by atoms with Crippen LogP contribution in [-0.4, -0.2) is 50.5 Å². The molecule has 0 unspecified atom stereocenters. The Bertz CT molecular complexity index is 560. The molecule has 0 atom stereocenters. The molecule has 0 N–H and O–H groups in total. The minimum absolute atomic E-state index is 0. The molecule has 0 spiro atoms. The van der Waals surface area contributed by atoms with Gasteiger partial charge < -0.3 is 9.80 Å². The summed E-state index contributed by atoms with van der Waals surface area (Å²) in [5.41, 5.74) is 2.70. The maximum absolute atomic E-state index is 4.78. The van der Waals surface area contributed by atoms with Crippen molar-refractivity contribution < 1.29 is 0 Å². The standard InChI is InChI=1S/C20H27N3.HI/c1-22(2)20(23(3)4)21-16-15-19(17-11-7-5-8-12-17)18-13-9-6-10-14-18;/h5-14,19H,15-16H2,1-4H3;1H. The van der Waals surface area contributed by atoms with Crippen LogP contribution in [0.3, 0.4) is 0 Å². The molecule has 2 rings (SSSR count). The van der Waals surface area contributed by atoms with Crippen LogP contribution in [0.15, 0.2) is 65.7 Å². The van der Waals surface area contributed by atoms with Crippen LogP contribution in [0.5, 0.6) is 0 Å². The normalized spacial score (nSPS) is 10.0. The zero-order chi connectivity index (χ0) is 16.7. The van der Waals surface area contributed by atoms with Crippen LogP contribution in [0.4, 0.5) is 0 Å². The molecule has 2 aromatic rings. The topological polar surface area (TPSA) is 18.8 Å². The summed E-state index contributed by atoms with van der Waals surface area (Å²) in [4.78, 5) is 8.89. The lowest BCUT2D eigenvalue weighted by Gasteiger charge is -2.23. The molecule has 4 heteroatoms. The van der Waals surface area contributed by atoms with Crippen molar-refractivity contribution in [3.8, 4) is 0 Å². The SMILES string of the molecule is CN(C)C(=NCCC(c1ccccc1)c1ccccc1)N(C)C.I. The number of hydrogen-bond acceptors (Lipinski definition) is 1. The van der Waals surface area contributed by atoms with Gasteiger partial charge >= 0.3 is 0 Å². The van der Waals surface area contributed by atoms with Crippen molar-refractivity contribution in [1.29, 1.82) is 0 Å². The zero-order valence-electron chi connectivity index (χ0n) is 15.0. The molecular weight excluding hydrogens is 409 g/mol. The van der Waals surface area contributed by atoms with Gasteiger partial charge in [-0.25, -0.2) is 0 Å². The number of guanidine groups is 1. The highest BCUT2D eigenvalue weighted by Gasteiger charge is 2.13. The Morgan fingerprint density at radius 1 is 0.792 bits per heavy atom. The number of aliphatic imine (C=N–C) groups is 1. The minimum Gasteiger partial charge on any atom is -0.349 e. The van der Waals surface area contributed by atoms with E-state index in [9.17, 15) is 0 Å². The molecule has 0 saturated heterocycles. The summed E-state index contributed by atoms with van der Waals surface area (Å²) in [6, 6.07) is 21.4. The Morgan fingerprint density at radius 2 is 1.21 bits per heavy atom. The third-order valence-corrected chi connectivity index (χ3v) is 3.87. The van der Waals surface area contributed by atoms with Crippen molar-refractivity contribution in [2.45, 2.75) is 12.3 Å². The number of benzene rings is 2. The highest BCUT2D eigenvalue weighted by molar-refractivity contribution is 14.0. The fraction of sp³-hybridized carbons (Fsp3) is 0.350. The summed E-state index contributed by atoms with van der Waals surface area (Å²) in [6.07, 6.45) is 0.999. The van der Waals surface area contributed by atoms with Gasteiger partial charge in [0.25, 0.3) is 0 Å². The van der Waals surface area contributed by atoms with E-state index in [0.29, 0.717) is 5.92 Å². The summed E-state index contributed by atoms with van der Waals surface area (Å²) in [6.45, 7) is 0.806. The van der Waals surface area contributed by atoms with E-state index in [0.717, 1.165) is 18.9 Å². The molecule has 0 aliphatic heterocycles. The molecule has 0 aliphatic carbocycles. The predicted molar refractivity (Wildman–Crippen MR) is 114 cm³/mol. The van der Waals surface area contributed by atoms with Crippen LogP contribution < -0.4 is 0 Å². The second kappa shape index (κ2) is 10.3.